The van der Waals surface area contributed by atoms with Crippen LogP contribution < -0.4 is 5.32 Å². The van der Waals surface area contributed by atoms with Gasteiger partial charge in [-0.15, -0.1) is 0 Å². The second kappa shape index (κ2) is 10.2. The number of para-hydroxylation sites is 1. The number of ether oxygens (including phenoxy) is 2. The van der Waals surface area contributed by atoms with Gasteiger partial charge in [0.15, 0.2) is 0 Å². The number of urea groups is 1. The van der Waals surface area contributed by atoms with E-state index in [2.05, 4.69) is 10.3 Å². The predicted octanol–water partition coefficient (Wildman–Crippen LogP) is 3.42. The lowest BCUT2D eigenvalue weighted by atomic mass is 10.0. The van der Waals surface area contributed by atoms with Crippen LogP contribution in [0.15, 0.2) is 60.8 Å². The molecule has 1 atom stereocenters. The van der Waals surface area contributed by atoms with E-state index in [-0.39, 0.29) is 18.6 Å². The SMILES string of the molecule is CCOC(=O)C1=CN(C(=O)NC(Cc2ccccc2)C(=O)OC)CCc2c1[nH]c1ccccc21. The molecule has 1 aromatic heterocycles. The molecule has 0 spiro atoms. The fourth-order valence-corrected chi connectivity index (χ4v) is 4.15. The summed E-state index contributed by atoms with van der Waals surface area (Å²) in [6.07, 6.45) is 2.30. The number of esters is 2. The van der Waals surface area contributed by atoms with Crippen molar-refractivity contribution < 1.29 is 23.9 Å². The number of H-pyrrole nitrogens is 1. The highest BCUT2D eigenvalue weighted by atomic mass is 16.5. The average molecular weight is 462 g/mol. The Labute approximate surface area is 197 Å². The van der Waals surface area contributed by atoms with Crippen LogP contribution in [0.5, 0.6) is 0 Å². The number of rotatable bonds is 6. The van der Waals surface area contributed by atoms with E-state index < -0.39 is 24.0 Å². The van der Waals surface area contributed by atoms with Gasteiger partial charge < -0.3 is 19.8 Å². The van der Waals surface area contributed by atoms with Crippen molar-refractivity contribution in [2.75, 3.05) is 20.3 Å². The van der Waals surface area contributed by atoms with Crippen LogP contribution >= 0.6 is 0 Å². The molecule has 176 valence electrons. The van der Waals surface area contributed by atoms with Crippen LogP contribution in [0.3, 0.4) is 0 Å². The van der Waals surface area contributed by atoms with Gasteiger partial charge in [0.2, 0.25) is 0 Å². The molecule has 3 aromatic rings. The van der Waals surface area contributed by atoms with E-state index in [0.29, 0.717) is 18.7 Å². The Bertz CT molecular complexity index is 1230. The highest BCUT2D eigenvalue weighted by Gasteiger charge is 2.29. The Hall–Kier alpha value is -4.07. The molecule has 2 heterocycles. The topological polar surface area (TPSA) is 101 Å². The van der Waals surface area contributed by atoms with Crippen LogP contribution in [-0.4, -0.2) is 54.2 Å². The lowest BCUT2D eigenvalue weighted by molar-refractivity contribution is -0.143. The number of hydrogen-bond acceptors (Lipinski definition) is 5. The van der Waals surface area contributed by atoms with Gasteiger partial charge in [0.25, 0.3) is 0 Å². The largest absolute Gasteiger partial charge is 0.467 e. The molecule has 4 rings (SSSR count). The van der Waals surface area contributed by atoms with Crippen LogP contribution in [0.4, 0.5) is 4.79 Å². The van der Waals surface area contributed by atoms with Gasteiger partial charge in [-0.2, -0.15) is 0 Å². The first-order valence-corrected chi connectivity index (χ1v) is 11.2. The summed E-state index contributed by atoms with van der Waals surface area (Å²) in [5.41, 5.74) is 3.65. The van der Waals surface area contributed by atoms with Crippen molar-refractivity contribution in [2.45, 2.75) is 25.8 Å². The van der Waals surface area contributed by atoms with E-state index >= 15 is 0 Å². The van der Waals surface area contributed by atoms with Gasteiger partial charge in [0.1, 0.15) is 6.04 Å². The third kappa shape index (κ3) is 4.80. The van der Waals surface area contributed by atoms with Gasteiger partial charge in [0.05, 0.1) is 25.0 Å². The molecule has 0 saturated carbocycles. The van der Waals surface area contributed by atoms with E-state index in [1.54, 1.807) is 6.92 Å². The number of carbonyl (C=O) groups excluding carboxylic acids is 3. The van der Waals surface area contributed by atoms with E-state index in [0.717, 1.165) is 22.0 Å². The second-order valence-electron chi connectivity index (χ2n) is 7.95. The van der Waals surface area contributed by atoms with Crippen LogP contribution in [0.2, 0.25) is 0 Å². The molecule has 1 aliphatic heterocycles. The minimum Gasteiger partial charge on any atom is -0.467 e. The Balaban J connectivity index is 1.63. The first-order valence-electron chi connectivity index (χ1n) is 11.2. The van der Waals surface area contributed by atoms with Crippen LogP contribution in [-0.2, 0) is 31.9 Å². The summed E-state index contributed by atoms with van der Waals surface area (Å²) in [4.78, 5) is 43.2. The summed E-state index contributed by atoms with van der Waals surface area (Å²) in [6.45, 7) is 2.26. The Morgan fingerprint density at radius 3 is 2.56 bits per heavy atom. The van der Waals surface area contributed by atoms with Gasteiger partial charge in [0, 0.05) is 30.1 Å². The quantitative estimate of drug-likeness (QED) is 0.548. The zero-order valence-corrected chi connectivity index (χ0v) is 19.2. The third-order valence-corrected chi connectivity index (χ3v) is 5.79. The molecule has 0 saturated heterocycles. The molecule has 0 bridgehead atoms. The van der Waals surface area contributed by atoms with Crippen molar-refractivity contribution in [1.82, 2.24) is 15.2 Å². The zero-order chi connectivity index (χ0) is 24.1. The van der Waals surface area contributed by atoms with E-state index in [1.165, 1.54) is 18.2 Å². The van der Waals surface area contributed by atoms with Crippen LogP contribution in [0.1, 0.15) is 23.7 Å². The summed E-state index contributed by atoms with van der Waals surface area (Å²) < 4.78 is 10.2. The molecule has 0 aliphatic carbocycles. The summed E-state index contributed by atoms with van der Waals surface area (Å²) >= 11 is 0. The maximum absolute atomic E-state index is 13.2. The number of nitrogens with zero attached hydrogens (tertiary/aromatic N) is 1. The Morgan fingerprint density at radius 2 is 1.82 bits per heavy atom. The molecule has 0 fully saturated rings. The van der Waals surface area contributed by atoms with Crippen molar-refractivity contribution in [1.29, 1.82) is 0 Å². The maximum atomic E-state index is 13.2. The smallest absolute Gasteiger partial charge is 0.341 e. The van der Waals surface area contributed by atoms with Crippen molar-refractivity contribution in [3.63, 3.8) is 0 Å². The second-order valence-corrected chi connectivity index (χ2v) is 7.95. The van der Waals surface area contributed by atoms with Crippen molar-refractivity contribution in [2.24, 2.45) is 0 Å². The van der Waals surface area contributed by atoms with Gasteiger partial charge in [-0.1, -0.05) is 48.5 Å². The summed E-state index contributed by atoms with van der Waals surface area (Å²) in [6, 6.07) is 15.8. The van der Waals surface area contributed by atoms with E-state index in [4.69, 9.17) is 9.47 Å². The van der Waals surface area contributed by atoms with Crippen molar-refractivity contribution in [3.8, 4) is 0 Å². The van der Waals surface area contributed by atoms with Crippen molar-refractivity contribution >= 4 is 34.4 Å². The number of aromatic nitrogens is 1. The van der Waals surface area contributed by atoms with Crippen LogP contribution in [0, 0.1) is 0 Å². The van der Waals surface area contributed by atoms with Gasteiger partial charge >= 0.3 is 18.0 Å². The number of nitrogens with one attached hydrogen (secondary N) is 2. The minimum absolute atomic E-state index is 0.208. The molecular weight excluding hydrogens is 434 g/mol. The van der Waals surface area contributed by atoms with Crippen molar-refractivity contribution in [3.05, 3.63) is 77.6 Å². The maximum Gasteiger partial charge on any atom is 0.341 e. The number of hydrogen-bond donors (Lipinski definition) is 2. The van der Waals surface area contributed by atoms with Gasteiger partial charge in [-0.25, -0.2) is 14.4 Å². The molecule has 1 aliphatic rings. The number of amides is 2. The molecule has 8 heteroatoms. The minimum atomic E-state index is -0.874. The molecule has 8 nitrogen and oxygen atoms in total. The lowest BCUT2D eigenvalue weighted by Crippen LogP contribution is -2.48. The Morgan fingerprint density at radius 1 is 1.09 bits per heavy atom. The molecule has 2 amide bonds. The summed E-state index contributed by atoms with van der Waals surface area (Å²) in [7, 11) is 1.29. The molecule has 1 unspecified atom stereocenters. The zero-order valence-electron chi connectivity index (χ0n) is 19.2. The van der Waals surface area contributed by atoms with Gasteiger partial charge in [-0.05, 0) is 30.5 Å². The number of methoxy groups -OCH3 is 1. The lowest BCUT2D eigenvalue weighted by Gasteiger charge is -2.23. The third-order valence-electron chi connectivity index (χ3n) is 5.79. The number of carbonyl (C=O) groups is 3. The number of aromatic amines is 1. The first-order chi connectivity index (χ1) is 16.5. The highest BCUT2D eigenvalue weighted by molar-refractivity contribution is 6.18. The molecule has 0 radical (unpaired) electrons. The molecule has 2 aromatic carbocycles. The Kier molecular flexibility index (Phi) is 6.96. The fraction of sp³-hybridized carbons (Fsp3) is 0.269. The molecular formula is C26H27N3O5. The monoisotopic (exact) mass is 461 g/mol. The summed E-state index contributed by atoms with van der Waals surface area (Å²) in [5, 5.41) is 3.76. The average Bonchev–Trinajstić information content (AvgIpc) is 3.11. The number of fused-ring (bicyclic) bond motifs is 3. The van der Waals surface area contributed by atoms with Crippen LogP contribution in [0.25, 0.3) is 16.5 Å². The fourth-order valence-electron chi connectivity index (χ4n) is 4.15. The molecule has 34 heavy (non-hydrogen) atoms. The highest BCUT2D eigenvalue weighted by Crippen LogP contribution is 2.31. The van der Waals surface area contributed by atoms with E-state index in [1.807, 2.05) is 54.6 Å². The van der Waals surface area contributed by atoms with E-state index in [9.17, 15) is 14.4 Å². The predicted molar refractivity (Wildman–Crippen MR) is 128 cm³/mol. The standard InChI is InChI=1S/C26H27N3O5/c1-3-34-24(30)20-16-29(14-13-19-18-11-7-8-12-21(18)27-23(19)20)26(32)28-22(25(31)33-2)15-17-9-5-4-6-10-17/h4-12,16,22,27H,3,13-15H2,1-2H3,(H,28,32). The summed E-state index contributed by atoms with van der Waals surface area (Å²) in [5.74, 6) is -1.07. The molecule has 2 N–H and O–H groups in total. The van der Waals surface area contributed by atoms with Gasteiger partial charge in [-0.3, -0.25) is 4.90 Å². The number of benzene rings is 2. The normalized spacial score (nSPS) is 13.9. The first kappa shape index (κ1) is 23.1.